The molecule has 0 heterocycles. The van der Waals surface area contributed by atoms with Gasteiger partial charge in [0, 0.05) is 5.56 Å². The highest BCUT2D eigenvalue weighted by Crippen LogP contribution is 2.05. The van der Waals surface area contributed by atoms with Crippen molar-refractivity contribution in [1.82, 2.24) is 0 Å². The molecule has 6 nitrogen and oxygen atoms in total. The third-order valence-electron chi connectivity index (χ3n) is 2.15. The molecule has 18 heavy (non-hydrogen) atoms. The number of oxime groups is 1. The van der Waals surface area contributed by atoms with Crippen LogP contribution in [0.1, 0.15) is 5.56 Å². The maximum absolute atomic E-state index is 11.6. The molecule has 0 bridgehead atoms. The normalized spacial score (nSPS) is 12.2. The van der Waals surface area contributed by atoms with Crippen molar-refractivity contribution in [3.8, 4) is 0 Å². The summed E-state index contributed by atoms with van der Waals surface area (Å²) in [5, 5.41) is 11.8. The largest absolute Gasteiger partial charge is 0.468 e. The number of nitrogens with zero attached hydrogens (tertiary/aromatic N) is 1. The summed E-state index contributed by atoms with van der Waals surface area (Å²) in [5.74, 6) is -2.11. The highest BCUT2D eigenvalue weighted by molar-refractivity contribution is 7.92. The van der Waals surface area contributed by atoms with Crippen LogP contribution in [-0.4, -0.2) is 43.9 Å². The average Bonchev–Trinajstić information content (AvgIpc) is 2.36. The van der Waals surface area contributed by atoms with Crippen LogP contribution in [0, 0.1) is 0 Å². The molecule has 1 rings (SSSR count). The Kier molecular flexibility index (Phi) is 4.85. The van der Waals surface area contributed by atoms with Crippen molar-refractivity contribution in [1.29, 1.82) is 0 Å². The quantitative estimate of drug-likeness (QED) is 0.363. The summed E-state index contributed by atoms with van der Waals surface area (Å²) in [7, 11) is -2.61. The van der Waals surface area contributed by atoms with Crippen molar-refractivity contribution in [3.63, 3.8) is 0 Å². The summed E-state index contributed by atoms with van der Waals surface area (Å²) in [5.41, 5.74) is 0.466. The Bertz CT molecular complexity index is 536. The standard InChI is InChI=1S/C11H13NO5S/c1-17-11(13)8-18(15,16)7-10(12-14)9-5-3-2-4-6-9/h2-6,14H,7-8H2,1H3/b12-10-. The van der Waals surface area contributed by atoms with E-state index in [1.807, 2.05) is 0 Å². The summed E-state index contributed by atoms with van der Waals surface area (Å²) in [6.45, 7) is 0. The summed E-state index contributed by atoms with van der Waals surface area (Å²) in [6, 6.07) is 8.35. The van der Waals surface area contributed by atoms with Crippen LogP contribution in [0.2, 0.25) is 0 Å². The van der Waals surface area contributed by atoms with E-state index in [2.05, 4.69) is 9.89 Å². The number of methoxy groups -OCH3 is 1. The zero-order chi connectivity index (χ0) is 13.6. The average molecular weight is 271 g/mol. The molecule has 0 saturated heterocycles. The maximum Gasteiger partial charge on any atom is 0.320 e. The monoisotopic (exact) mass is 271 g/mol. The molecule has 0 radical (unpaired) electrons. The van der Waals surface area contributed by atoms with E-state index in [4.69, 9.17) is 5.21 Å². The topological polar surface area (TPSA) is 93.0 Å². The highest BCUT2D eigenvalue weighted by Gasteiger charge is 2.21. The molecule has 0 amide bonds. The lowest BCUT2D eigenvalue weighted by molar-refractivity contribution is -0.137. The van der Waals surface area contributed by atoms with Crippen molar-refractivity contribution in [2.45, 2.75) is 0 Å². The zero-order valence-corrected chi connectivity index (χ0v) is 10.6. The molecule has 0 unspecified atom stereocenters. The Balaban J connectivity index is 2.86. The minimum atomic E-state index is -3.72. The van der Waals surface area contributed by atoms with Crippen molar-refractivity contribution >= 4 is 21.5 Å². The lowest BCUT2D eigenvalue weighted by Gasteiger charge is -2.05. The number of ether oxygens (including phenoxy) is 1. The maximum atomic E-state index is 11.6. The van der Waals surface area contributed by atoms with E-state index in [-0.39, 0.29) is 5.71 Å². The smallest absolute Gasteiger partial charge is 0.320 e. The van der Waals surface area contributed by atoms with E-state index in [0.717, 1.165) is 7.11 Å². The summed E-state index contributed by atoms with van der Waals surface area (Å²) in [4.78, 5) is 10.9. The molecule has 1 aromatic carbocycles. The Morgan fingerprint density at radius 1 is 1.28 bits per heavy atom. The number of rotatable bonds is 5. The van der Waals surface area contributed by atoms with Crippen LogP contribution in [-0.2, 0) is 19.4 Å². The molecule has 0 aromatic heterocycles. The van der Waals surface area contributed by atoms with Gasteiger partial charge in [-0.3, -0.25) is 4.79 Å². The lowest BCUT2D eigenvalue weighted by atomic mass is 10.1. The molecule has 0 aliphatic carbocycles. The molecule has 0 fully saturated rings. The van der Waals surface area contributed by atoms with E-state index in [1.165, 1.54) is 0 Å². The van der Waals surface area contributed by atoms with Gasteiger partial charge < -0.3 is 9.94 Å². The van der Waals surface area contributed by atoms with Gasteiger partial charge in [-0.25, -0.2) is 8.42 Å². The van der Waals surface area contributed by atoms with Gasteiger partial charge in [0.05, 0.1) is 12.9 Å². The van der Waals surface area contributed by atoms with Crippen molar-refractivity contribution < 1.29 is 23.2 Å². The van der Waals surface area contributed by atoms with Crippen LogP contribution in [0.3, 0.4) is 0 Å². The van der Waals surface area contributed by atoms with Crippen LogP contribution >= 0.6 is 0 Å². The summed E-state index contributed by atoms with van der Waals surface area (Å²) in [6.07, 6.45) is 0. The fraction of sp³-hybridized carbons (Fsp3) is 0.273. The minimum absolute atomic E-state index is 0.0143. The number of carbonyl (C=O) groups is 1. The molecule has 0 aliphatic heterocycles. The molecule has 0 spiro atoms. The number of esters is 1. The van der Waals surface area contributed by atoms with Gasteiger partial charge in [-0.05, 0) is 0 Å². The van der Waals surface area contributed by atoms with Gasteiger partial charge in [0.1, 0.15) is 11.5 Å². The number of hydrogen-bond donors (Lipinski definition) is 1. The van der Waals surface area contributed by atoms with E-state index in [1.54, 1.807) is 30.3 Å². The Labute approximate surface area is 105 Å². The second kappa shape index (κ2) is 6.15. The van der Waals surface area contributed by atoms with Crippen molar-refractivity contribution in [3.05, 3.63) is 35.9 Å². The highest BCUT2D eigenvalue weighted by atomic mass is 32.2. The van der Waals surface area contributed by atoms with Crippen LogP contribution in [0.15, 0.2) is 35.5 Å². The van der Waals surface area contributed by atoms with E-state index in [0.29, 0.717) is 5.56 Å². The fourth-order valence-corrected chi connectivity index (χ4v) is 2.52. The first-order valence-electron chi connectivity index (χ1n) is 5.02. The number of carbonyl (C=O) groups excluding carboxylic acids is 1. The van der Waals surface area contributed by atoms with Gasteiger partial charge in [-0.2, -0.15) is 0 Å². The van der Waals surface area contributed by atoms with Crippen molar-refractivity contribution in [2.75, 3.05) is 18.6 Å². The molecule has 0 saturated carbocycles. The van der Waals surface area contributed by atoms with E-state index < -0.39 is 27.3 Å². The second-order valence-corrected chi connectivity index (χ2v) is 5.59. The van der Waals surface area contributed by atoms with Gasteiger partial charge in [-0.15, -0.1) is 0 Å². The van der Waals surface area contributed by atoms with Crippen LogP contribution in [0.25, 0.3) is 0 Å². The van der Waals surface area contributed by atoms with E-state index >= 15 is 0 Å². The summed E-state index contributed by atoms with van der Waals surface area (Å²) >= 11 is 0. The molecule has 7 heteroatoms. The number of benzene rings is 1. The molecule has 0 aliphatic rings. The summed E-state index contributed by atoms with van der Waals surface area (Å²) < 4.78 is 27.6. The van der Waals surface area contributed by atoms with Crippen LogP contribution < -0.4 is 0 Å². The van der Waals surface area contributed by atoms with Gasteiger partial charge in [0.2, 0.25) is 0 Å². The van der Waals surface area contributed by atoms with Crippen LogP contribution in [0.5, 0.6) is 0 Å². The Morgan fingerprint density at radius 3 is 2.39 bits per heavy atom. The molecular formula is C11H13NO5S. The third kappa shape index (κ3) is 4.17. The predicted molar refractivity (Wildman–Crippen MR) is 65.4 cm³/mol. The van der Waals surface area contributed by atoms with Gasteiger partial charge >= 0.3 is 5.97 Å². The first kappa shape index (κ1) is 14.2. The Hall–Kier alpha value is -1.89. The predicted octanol–water partition coefficient (Wildman–Crippen LogP) is 0.453. The first-order chi connectivity index (χ1) is 8.48. The first-order valence-corrected chi connectivity index (χ1v) is 6.84. The second-order valence-electron chi connectivity index (χ2n) is 3.52. The molecular weight excluding hydrogens is 258 g/mol. The van der Waals surface area contributed by atoms with Crippen LogP contribution in [0.4, 0.5) is 0 Å². The fourth-order valence-electron chi connectivity index (χ4n) is 1.30. The third-order valence-corrected chi connectivity index (χ3v) is 3.54. The minimum Gasteiger partial charge on any atom is -0.468 e. The zero-order valence-electron chi connectivity index (χ0n) is 9.74. The lowest BCUT2D eigenvalue weighted by Crippen LogP contribution is -2.25. The number of sulfone groups is 1. The number of hydrogen-bond acceptors (Lipinski definition) is 6. The van der Waals surface area contributed by atoms with Gasteiger partial charge in [-0.1, -0.05) is 35.5 Å². The SMILES string of the molecule is COC(=O)CS(=O)(=O)C/C(=N/O)c1ccccc1. The van der Waals surface area contributed by atoms with Gasteiger partial charge in [0.15, 0.2) is 9.84 Å². The Morgan fingerprint density at radius 2 is 1.89 bits per heavy atom. The van der Waals surface area contributed by atoms with Crippen molar-refractivity contribution in [2.24, 2.45) is 5.16 Å². The van der Waals surface area contributed by atoms with Gasteiger partial charge in [0.25, 0.3) is 0 Å². The van der Waals surface area contributed by atoms with E-state index in [9.17, 15) is 13.2 Å². The molecule has 1 N–H and O–H groups in total. The molecule has 0 atom stereocenters. The molecule has 1 aromatic rings. The molecule has 98 valence electrons.